The summed E-state index contributed by atoms with van der Waals surface area (Å²) in [5.41, 5.74) is 7.26. The maximum atomic E-state index is 13.2. The van der Waals surface area contributed by atoms with E-state index in [-0.39, 0.29) is 11.3 Å². The van der Waals surface area contributed by atoms with E-state index in [4.69, 9.17) is 5.73 Å². The number of aryl methyl sites for hydroxylation is 1. The van der Waals surface area contributed by atoms with E-state index in [0.29, 0.717) is 11.1 Å². The zero-order valence-electron chi connectivity index (χ0n) is 10.6. The quantitative estimate of drug-likeness (QED) is 0.692. The molecule has 0 bridgehead atoms. The van der Waals surface area contributed by atoms with Crippen LogP contribution in [0.5, 0.6) is 0 Å². The lowest BCUT2D eigenvalue weighted by atomic mass is 9.95. The predicted octanol–water partition coefficient (Wildman–Crippen LogP) is 3.23. The summed E-state index contributed by atoms with van der Waals surface area (Å²) in [6.45, 7) is 1.73. The second-order valence-electron chi connectivity index (χ2n) is 4.48. The molecule has 2 aromatic rings. The summed E-state index contributed by atoms with van der Waals surface area (Å²) in [5, 5.41) is 10.8. The molecule has 0 aromatic heterocycles. The van der Waals surface area contributed by atoms with E-state index < -0.39 is 22.6 Å². The highest BCUT2D eigenvalue weighted by atomic mass is 19.1. The number of nitro groups is 1. The van der Waals surface area contributed by atoms with Crippen molar-refractivity contribution < 1.29 is 13.7 Å². The van der Waals surface area contributed by atoms with Crippen LogP contribution in [0.2, 0.25) is 0 Å². The van der Waals surface area contributed by atoms with E-state index in [0.717, 1.165) is 18.2 Å². The lowest BCUT2D eigenvalue weighted by Gasteiger charge is -2.15. The Morgan fingerprint density at radius 3 is 2.30 bits per heavy atom. The molecule has 0 aliphatic rings. The summed E-state index contributed by atoms with van der Waals surface area (Å²) in [4.78, 5) is 10.2. The van der Waals surface area contributed by atoms with Gasteiger partial charge in [-0.15, -0.1) is 0 Å². The molecule has 1 unspecified atom stereocenters. The van der Waals surface area contributed by atoms with Crippen molar-refractivity contribution in [3.05, 3.63) is 74.8 Å². The predicted molar refractivity (Wildman–Crippen MR) is 70.2 cm³/mol. The smallest absolute Gasteiger partial charge is 0.269 e. The van der Waals surface area contributed by atoms with Gasteiger partial charge in [0.1, 0.15) is 11.6 Å². The molecular formula is C14H12F2N2O2. The number of hydrogen-bond acceptors (Lipinski definition) is 3. The van der Waals surface area contributed by atoms with E-state index in [2.05, 4.69) is 0 Å². The first-order chi connectivity index (χ1) is 9.38. The van der Waals surface area contributed by atoms with Gasteiger partial charge in [0.05, 0.1) is 11.0 Å². The molecule has 0 fully saturated rings. The van der Waals surface area contributed by atoms with Crippen LogP contribution in [0.25, 0.3) is 0 Å². The lowest BCUT2D eigenvalue weighted by molar-refractivity contribution is -0.384. The minimum absolute atomic E-state index is 0.113. The van der Waals surface area contributed by atoms with Gasteiger partial charge >= 0.3 is 0 Å². The Kier molecular flexibility index (Phi) is 3.76. The van der Waals surface area contributed by atoms with Crippen molar-refractivity contribution in [2.24, 2.45) is 5.73 Å². The third-order valence-corrected chi connectivity index (χ3v) is 3.05. The SMILES string of the molecule is Cc1ccc([N+](=O)[O-])cc1C(N)c1cc(F)cc(F)c1. The largest absolute Gasteiger partial charge is 0.320 e. The molecule has 0 saturated heterocycles. The van der Waals surface area contributed by atoms with Crippen molar-refractivity contribution in [2.45, 2.75) is 13.0 Å². The zero-order valence-corrected chi connectivity index (χ0v) is 10.6. The number of nitro benzene ring substituents is 1. The van der Waals surface area contributed by atoms with Crippen LogP contribution in [-0.2, 0) is 0 Å². The van der Waals surface area contributed by atoms with E-state index in [9.17, 15) is 18.9 Å². The fraction of sp³-hybridized carbons (Fsp3) is 0.143. The number of nitrogens with two attached hydrogens (primary N) is 1. The standard InChI is InChI=1S/C14H12F2N2O2/c1-8-2-3-12(18(19)20)7-13(8)14(17)9-4-10(15)6-11(16)5-9/h2-7,14H,17H2,1H3. The highest BCUT2D eigenvalue weighted by Crippen LogP contribution is 2.27. The number of rotatable bonds is 3. The Labute approximate surface area is 114 Å². The maximum Gasteiger partial charge on any atom is 0.269 e. The van der Waals surface area contributed by atoms with Crippen LogP contribution >= 0.6 is 0 Å². The van der Waals surface area contributed by atoms with Gasteiger partial charge in [-0.3, -0.25) is 10.1 Å². The first-order valence-corrected chi connectivity index (χ1v) is 5.85. The average Bonchev–Trinajstić information content (AvgIpc) is 2.37. The summed E-state index contributed by atoms with van der Waals surface area (Å²) in [5.74, 6) is -1.47. The van der Waals surface area contributed by atoms with Crippen LogP contribution in [0.3, 0.4) is 0 Å². The molecule has 4 nitrogen and oxygen atoms in total. The third kappa shape index (κ3) is 2.80. The van der Waals surface area contributed by atoms with Crippen LogP contribution in [0.15, 0.2) is 36.4 Å². The van der Waals surface area contributed by atoms with E-state index in [1.54, 1.807) is 13.0 Å². The van der Waals surface area contributed by atoms with Crippen molar-refractivity contribution in [1.82, 2.24) is 0 Å². The van der Waals surface area contributed by atoms with Crippen molar-refractivity contribution in [3.63, 3.8) is 0 Å². The molecule has 0 aliphatic heterocycles. The molecule has 2 rings (SSSR count). The van der Waals surface area contributed by atoms with Gasteiger partial charge in [-0.05, 0) is 35.7 Å². The first kappa shape index (κ1) is 14.1. The third-order valence-electron chi connectivity index (χ3n) is 3.05. The fourth-order valence-electron chi connectivity index (χ4n) is 2.01. The zero-order chi connectivity index (χ0) is 14.9. The van der Waals surface area contributed by atoms with E-state index >= 15 is 0 Å². The molecule has 0 saturated carbocycles. The Balaban J connectivity index is 2.49. The molecule has 0 aliphatic carbocycles. The van der Waals surface area contributed by atoms with Gasteiger partial charge in [0, 0.05) is 18.2 Å². The van der Waals surface area contributed by atoms with Gasteiger partial charge in [0.25, 0.3) is 5.69 Å². The van der Waals surface area contributed by atoms with Crippen LogP contribution in [0.1, 0.15) is 22.7 Å². The molecule has 0 heterocycles. The van der Waals surface area contributed by atoms with Gasteiger partial charge in [0.2, 0.25) is 0 Å². The van der Waals surface area contributed by atoms with E-state index in [1.165, 1.54) is 12.1 Å². The average molecular weight is 278 g/mol. The summed E-state index contributed by atoms with van der Waals surface area (Å²) in [6, 6.07) is 6.39. The van der Waals surface area contributed by atoms with E-state index in [1.807, 2.05) is 0 Å². The minimum atomic E-state index is -0.833. The van der Waals surface area contributed by atoms with Crippen LogP contribution in [-0.4, -0.2) is 4.92 Å². The Morgan fingerprint density at radius 1 is 1.15 bits per heavy atom. The topological polar surface area (TPSA) is 69.2 Å². The Bertz CT molecular complexity index is 654. The highest BCUT2D eigenvalue weighted by Gasteiger charge is 2.17. The monoisotopic (exact) mass is 278 g/mol. The number of halogens is 2. The summed E-state index contributed by atoms with van der Waals surface area (Å²) in [7, 11) is 0. The molecule has 2 aromatic carbocycles. The van der Waals surface area contributed by atoms with Crippen molar-refractivity contribution in [1.29, 1.82) is 0 Å². The minimum Gasteiger partial charge on any atom is -0.320 e. The van der Waals surface area contributed by atoms with Gasteiger partial charge in [0.15, 0.2) is 0 Å². The summed E-state index contributed by atoms with van der Waals surface area (Å²) >= 11 is 0. The van der Waals surface area contributed by atoms with Crippen molar-refractivity contribution >= 4 is 5.69 Å². The normalized spacial score (nSPS) is 12.2. The fourth-order valence-corrected chi connectivity index (χ4v) is 2.01. The highest BCUT2D eigenvalue weighted by molar-refractivity contribution is 5.44. The van der Waals surface area contributed by atoms with Crippen LogP contribution < -0.4 is 5.73 Å². The van der Waals surface area contributed by atoms with Crippen LogP contribution in [0, 0.1) is 28.7 Å². The number of benzene rings is 2. The summed E-state index contributed by atoms with van der Waals surface area (Å²) < 4.78 is 26.4. The number of nitrogens with zero attached hydrogens (tertiary/aromatic N) is 1. The molecule has 6 heteroatoms. The molecule has 0 amide bonds. The molecule has 2 N–H and O–H groups in total. The molecule has 104 valence electrons. The molecular weight excluding hydrogens is 266 g/mol. The van der Waals surface area contributed by atoms with Crippen molar-refractivity contribution in [2.75, 3.05) is 0 Å². The van der Waals surface area contributed by atoms with Gasteiger partial charge in [-0.1, -0.05) is 6.07 Å². The Morgan fingerprint density at radius 2 is 1.75 bits per heavy atom. The molecule has 0 spiro atoms. The first-order valence-electron chi connectivity index (χ1n) is 5.85. The van der Waals surface area contributed by atoms with Gasteiger partial charge in [-0.25, -0.2) is 8.78 Å². The molecule has 20 heavy (non-hydrogen) atoms. The van der Waals surface area contributed by atoms with Gasteiger partial charge in [-0.2, -0.15) is 0 Å². The lowest BCUT2D eigenvalue weighted by Crippen LogP contribution is -2.14. The molecule has 0 radical (unpaired) electrons. The van der Waals surface area contributed by atoms with Crippen LogP contribution in [0.4, 0.5) is 14.5 Å². The second-order valence-corrected chi connectivity index (χ2v) is 4.48. The second kappa shape index (κ2) is 5.34. The number of hydrogen-bond donors (Lipinski definition) is 1. The molecule has 1 atom stereocenters. The number of non-ortho nitro benzene ring substituents is 1. The Hall–Kier alpha value is -2.34. The maximum absolute atomic E-state index is 13.2. The van der Waals surface area contributed by atoms with Crippen molar-refractivity contribution in [3.8, 4) is 0 Å². The van der Waals surface area contributed by atoms with Gasteiger partial charge < -0.3 is 5.73 Å². The summed E-state index contributed by atoms with van der Waals surface area (Å²) in [6.07, 6.45) is 0.